The van der Waals surface area contributed by atoms with Gasteiger partial charge in [-0.15, -0.1) is 0 Å². The van der Waals surface area contributed by atoms with Gasteiger partial charge in [-0.3, -0.25) is 4.79 Å². The monoisotopic (exact) mass is 344 g/mol. The summed E-state index contributed by atoms with van der Waals surface area (Å²) in [5.41, 5.74) is 1.37. The molecule has 0 spiro atoms. The minimum Gasteiger partial charge on any atom is -0.491 e. The Kier molecular flexibility index (Phi) is 6.08. The Morgan fingerprint density at radius 1 is 1.28 bits per heavy atom. The standard InChI is InChI=1S/C18H20N2O5/c1-11(21)10-25-15-5-3-4-12(7-15)6-14-8-13(18(23)24)9-16(20-14)17(22)19-2/h3-5,7-9,11,21H,6,10H2,1-2H3,(H,19,22)(H,23,24)/t11-/m0/s1. The number of aromatic nitrogens is 1. The Labute approximate surface area is 145 Å². The molecule has 0 radical (unpaired) electrons. The fourth-order valence-electron chi connectivity index (χ4n) is 2.22. The first-order valence-corrected chi connectivity index (χ1v) is 7.75. The Morgan fingerprint density at radius 3 is 2.68 bits per heavy atom. The molecule has 132 valence electrons. The van der Waals surface area contributed by atoms with Gasteiger partial charge < -0.3 is 20.3 Å². The molecule has 7 heteroatoms. The van der Waals surface area contributed by atoms with Crippen molar-refractivity contribution in [2.45, 2.75) is 19.4 Å². The highest BCUT2D eigenvalue weighted by Gasteiger charge is 2.13. The molecule has 1 aromatic carbocycles. The highest BCUT2D eigenvalue weighted by molar-refractivity contribution is 5.95. The first kappa shape index (κ1) is 18.4. The fourth-order valence-corrected chi connectivity index (χ4v) is 2.22. The third-order valence-corrected chi connectivity index (χ3v) is 3.36. The topological polar surface area (TPSA) is 109 Å². The second-order valence-electron chi connectivity index (χ2n) is 5.60. The van der Waals surface area contributed by atoms with E-state index in [9.17, 15) is 19.8 Å². The maximum Gasteiger partial charge on any atom is 0.335 e. The number of carbonyl (C=O) groups excluding carboxylic acids is 1. The summed E-state index contributed by atoms with van der Waals surface area (Å²) < 4.78 is 5.46. The van der Waals surface area contributed by atoms with E-state index in [4.69, 9.17) is 4.74 Å². The van der Waals surface area contributed by atoms with Crippen LogP contribution in [0, 0.1) is 0 Å². The van der Waals surface area contributed by atoms with Gasteiger partial charge in [-0.2, -0.15) is 0 Å². The lowest BCUT2D eigenvalue weighted by Gasteiger charge is -2.10. The van der Waals surface area contributed by atoms with E-state index in [-0.39, 0.29) is 17.9 Å². The van der Waals surface area contributed by atoms with E-state index in [1.807, 2.05) is 6.07 Å². The van der Waals surface area contributed by atoms with Crippen molar-refractivity contribution in [3.63, 3.8) is 0 Å². The van der Waals surface area contributed by atoms with Crippen LogP contribution in [-0.2, 0) is 6.42 Å². The number of amides is 1. The summed E-state index contributed by atoms with van der Waals surface area (Å²) in [5.74, 6) is -0.972. The zero-order valence-corrected chi connectivity index (χ0v) is 14.0. The van der Waals surface area contributed by atoms with Crippen LogP contribution in [0.15, 0.2) is 36.4 Å². The number of aromatic carboxylic acids is 1. The minimum absolute atomic E-state index is 0.00473. The number of benzene rings is 1. The molecule has 2 aromatic rings. The number of pyridine rings is 1. The number of hydrogen-bond donors (Lipinski definition) is 3. The van der Waals surface area contributed by atoms with Gasteiger partial charge in [-0.05, 0) is 36.8 Å². The molecule has 1 heterocycles. The molecule has 0 aliphatic rings. The van der Waals surface area contributed by atoms with Gasteiger partial charge in [-0.25, -0.2) is 9.78 Å². The lowest BCUT2D eigenvalue weighted by molar-refractivity contribution is 0.0696. The fraction of sp³-hybridized carbons (Fsp3) is 0.278. The van der Waals surface area contributed by atoms with Crippen LogP contribution in [0.3, 0.4) is 0 Å². The van der Waals surface area contributed by atoms with Crippen LogP contribution < -0.4 is 10.1 Å². The maximum absolute atomic E-state index is 11.8. The van der Waals surface area contributed by atoms with Crippen molar-refractivity contribution >= 4 is 11.9 Å². The minimum atomic E-state index is -1.12. The number of carbonyl (C=O) groups is 2. The number of nitrogens with one attached hydrogen (secondary N) is 1. The van der Waals surface area contributed by atoms with Gasteiger partial charge in [0, 0.05) is 19.2 Å². The Balaban J connectivity index is 2.27. The summed E-state index contributed by atoms with van der Waals surface area (Å²) >= 11 is 0. The van der Waals surface area contributed by atoms with E-state index >= 15 is 0 Å². The number of aliphatic hydroxyl groups is 1. The maximum atomic E-state index is 11.8. The third kappa shape index (κ3) is 5.29. The zero-order valence-electron chi connectivity index (χ0n) is 14.0. The molecule has 0 aliphatic carbocycles. The number of aliphatic hydroxyl groups excluding tert-OH is 1. The molecule has 1 amide bonds. The second-order valence-corrected chi connectivity index (χ2v) is 5.60. The van der Waals surface area contributed by atoms with Gasteiger partial charge >= 0.3 is 5.97 Å². The summed E-state index contributed by atoms with van der Waals surface area (Å²) in [6.07, 6.45) is -0.232. The van der Waals surface area contributed by atoms with Crippen LogP contribution in [-0.4, -0.2) is 46.8 Å². The molecule has 0 saturated heterocycles. The third-order valence-electron chi connectivity index (χ3n) is 3.36. The van der Waals surface area contributed by atoms with Gasteiger partial charge in [0.05, 0.1) is 11.7 Å². The van der Waals surface area contributed by atoms with E-state index in [1.54, 1.807) is 25.1 Å². The predicted molar refractivity (Wildman–Crippen MR) is 91.0 cm³/mol. The summed E-state index contributed by atoms with van der Waals surface area (Å²) in [6, 6.07) is 9.89. The van der Waals surface area contributed by atoms with Crippen molar-refractivity contribution in [2.24, 2.45) is 0 Å². The molecular weight excluding hydrogens is 324 g/mol. The number of ether oxygens (including phenoxy) is 1. The van der Waals surface area contributed by atoms with Crippen molar-refractivity contribution in [3.05, 3.63) is 58.9 Å². The first-order chi connectivity index (χ1) is 11.9. The Hall–Kier alpha value is -2.93. The quantitative estimate of drug-likeness (QED) is 0.702. The normalized spacial score (nSPS) is 11.6. The van der Waals surface area contributed by atoms with Crippen molar-refractivity contribution in [1.82, 2.24) is 10.3 Å². The molecule has 0 bridgehead atoms. The van der Waals surface area contributed by atoms with Crippen LogP contribution in [0.1, 0.15) is 39.0 Å². The highest BCUT2D eigenvalue weighted by atomic mass is 16.5. The van der Waals surface area contributed by atoms with E-state index < -0.39 is 18.0 Å². The Bertz CT molecular complexity index is 774. The lowest BCUT2D eigenvalue weighted by atomic mass is 10.1. The molecule has 1 atom stereocenters. The summed E-state index contributed by atoms with van der Waals surface area (Å²) in [5, 5.41) is 20.9. The van der Waals surface area contributed by atoms with Crippen molar-refractivity contribution < 1.29 is 24.5 Å². The zero-order chi connectivity index (χ0) is 18.4. The molecule has 0 saturated carbocycles. The van der Waals surface area contributed by atoms with Crippen LogP contribution in [0.25, 0.3) is 0 Å². The summed E-state index contributed by atoms with van der Waals surface area (Å²) in [6.45, 7) is 1.81. The average molecular weight is 344 g/mol. The molecule has 1 aromatic heterocycles. The van der Waals surface area contributed by atoms with E-state index in [0.717, 1.165) is 5.56 Å². The second kappa shape index (κ2) is 8.25. The lowest BCUT2D eigenvalue weighted by Crippen LogP contribution is -2.20. The van der Waals surface area contributed by atoms with Crippen molar-refractivity contribution in [3.8, 4) is 5.75 Å². The van der Waals surface area contributed by atoms with E-state index in [1.165, 1.54) is 19.2 Å². The molecule has 2 rings (SSSR count). The van der Waals surface area contributed by atoms with Gasteiger partial charge in [0.1, 0.15) is 18.1 Å². The molecule has 0 aliphatic heterocycles. The molecule has 25 heavy (non-hydrogen) atoms. The Morgan fingerprint density at radius 2 is 2.04 bits per heavy atom. The predicted octanol–water partition coefficient (Wildman–Crippen LogP) is 1.49. The largest absolute Gasteiger partial charge is 0.491 e. The van der Waals surface area contributed by atoms with Gasteiger partial charge in [0.15, 0.2) is 0 Å². The van der Waals surface area contributed by atoms with Crippen molar-refractivity contribution in [1.29, 1.82) is 0 Å². The molecule has 0 fully saturated rings. The SMILES string of the molecule is CNC(=O)c1cc(C(=O)O)cc(Cc2cccc(OC[C@H](C)O)c2)n1. The van der Waals surface area contributed by atoms with Crippen LogP contribution in [0.5, 0.6) is 5.75 Å². The molecule has 7 nitrogen and oxygen atoms in total. The number of carboxylic acid groups (broad SMARTS) is 1. The van der Waals surface area contributed by atoms with Crippen LogP contribution in [0.2, 0.25) is 0 Å². The van der Waals surface area contributed by atoms with Gasteiger partial charge in [0.25, 0.3) is 5.91 Å². The van der Waals surface area contributed by atoms with E-state index in [2.05, 4.69) is 10.3 Å². The number of hydrogen-bond acceptors (Lipinski definition) is 5. The highest BCUT2D eigenvalue weighted by Crippen LogP contribution is 2.17. The average Bonchev–Trinajstić information content (AvgIpc) is 2.59. The summed E-state index contributed by atoms with van der Waals surface area (Å²) in [7, 11) is 1.46. The van der Waals surface area contributed by atoms with Gasteiger partial charge in [-0.1, -0.05) is 12.1 Å². The van der Waals surface area contributed by atoms with Gasteiger partial charge in [0.2, 0.25) is 0 Å². The first-order valence-electron chi connectivity index (χ1n) is 7.75. The number of nitrogens with zero attached hydrogens (tertiary/aromatic N) is 1. The number of rotatable bonds is 7. The number of carboxylic acids is 1. The van der Waals surface area contributed by atoms with E-state index in [0.29, 0.717) is 17.9 Å². The molecule has 0 unspecified atom stereocenters. The molecular formula is C18H20N2O5. The van der Waals surface area contributed by atoms with Crippen LogP contribution >= 0.6 is 0 Å². The van der Waals surface area contributed by atoms with Crippen molar-refractivity contribution in [2.75, 3.05) is 13.7 Å². The smallest absolute Gasteiger partial charge is 0.335 e. The van der Waals surface area contributed by atoms with Crippen LogP contribution in [0.4, 0.5) is 0 Å². The summed E-state index contributed by atoms with van der Waals surface area (Å²) in [4.78, 5) is 27.3. The molecule has 3 N–H and O–H groups in total.